The number of H-pyrrole nitrogens is 1. The number of rotatable bonds is 3. The van der Waals surface area contributed by atoms with Gasteiger partial charge in [-0.2, -0.15) is 5.10 Å². The zero-order chi connectivity index (χ0) is 9.84. The lowest BCUT2D eigenvalue weighted by molar-refractivity contribution is -0.116. The van der Waals surface area contributed by atoms with Gasteiger partial charge in [-0.25, -0.2) is 0 Å². The summed E-state index contributed by atoms with van der Waals surface area (Å²) in [5.74, 6) is 0.225. The van der Waals surface area contributed by atoms with Gasteiger partial charge in [0.1, 0.15) is 0 Å². The number of anilines is 1. The van der Waals surface area contributed by atoms with Crippen LogP contribution in [0, 0.1) is 5.92 Å². The van der Waals surface area contributed by atoms with Gasteiger partial charge in [0.15, 0.2) is 0 Å². The maximum Gasteiger partial charge on any atom is 0.238 e. The van der Waals surface area contributed by atoms with Crippen LogP contribution in [-0.4, -0.2) is 20.9 Å². The third kappa shape index (κ3) is 2.84. The first-order valence-electron chi connectivity index (χ1n) is 4.05. The van der Waals surface area contributed by atoms with E-state index in [9.17, 15) is 4.79 Å². The van der Waals surface area contributed by atoms with Gasteiger partial charge in [-0.05, 0) is 5.92 Å². The summed E-state index contributed by atoms with van der Waals surface area (Å²) in [7, 11) is 0. The second-order valence-corrected chi connectivity index (χ2v) is 4.11. The summed E-state index contributed by atoms with van der Waals surface area (Å²) in [5.41, 5.74) is 0.690. The second kappa shape index (κ2) is 4.41. The normalized spacial score (nSPS) is 12.9. The molecule has 2 N–H and O–H groups in total. The van der Waals surface area contributed by atoms with Crippen LogP contribution in [0.2, 0.25) is 0 Å². The number of carbonyl (C=O) groups is 1. The van der Waals surface area contributed by atoms with Crippen LogP contribution in [0.5, 0.6) is 0 Å². The molecule has 0 saturated heterocycles. The highest BCUT2D eigenvalue weighted by Crippen LogP contribution is 2.14. The Morgan fingerprint density at radius 1 is 1.69 bits per heavy atom. The Morgan fingerprint density at radius 3 is 2.85 bits per heavy atom. The summed E-state index contributed by atoms with van der Waals surface area (Å²) >= 11 is 3.31. The molecule has 0 bridgehead atoms. The monoisotopic (exact) mass is 245 g/mol. The van der Waals surface area contributed by atoms with Crippen LogP contribution in [0.25, 0.3) is 0 Å². The van der Waals surface area contributed by atoms with Crippen molar-refractivity contribution < 1.29 is 4.79 Å². The van der Waals surface area contributed by atoms with Crippen LogP contribution in [-0.2, 0) is 4.79 Å². The number of alkyl halides is 1. The summed E-state index contributed by atoms with van der Waals surface area (Å²) in [6, 6.07) is 0. The molecule has 5 heteroatoms. The Balaban J connectivity index is 2.51. The smallest absolute Gasteiger partial charge is 0.238 e. The summed E-state index contributed by atoms with van der Waals surface area (Å²) < 4.78 is 0. The van der Waals surface area contributed by atoms with Gasteiger partial charge in [-0.3, -0.25) is 9.89 Å². The van der Waals surface area contributed by atoms with Gasteiger partial charge in [-0.1, -0.05) is 29.8 Å². The topological polar surface area (TPSA) is 57.8 Å². The molecule has 0 aliphatic carbocycles. The van der Waals surface area contributed by atoms with Crippen LogP contribution in [0.15, 0.2) is 12.4 Å². The zero-order valence-electron chi connectivity index (χ0n) is 7.54. The molecule has 1 unspecified atom stereocenters. The zero-order valence-corrected chi connectivity index (χ0v) is 9.13. The molecule has 72 valence electrons. The second-order valence-electron chi connectivity index (χ2n) is 3.12. The van der Waals surface area contributed by atoms with Crippen molar-refractivity contribution >= 4 is 27.5 Å². The van der Waals surface area contributed by atoms with Crippen LogP contribution < -0.4 is 5.32 Å². The van der Waals surface area contributed by atoms with E-state index < -0.39 is 0 Å². The van der Waals surface area contributed by atoms with Crippen LogP contribution in [0.4, 0.5) is 5.69 Å². The molecule has 1 atom stereocenters. The lowest BCUT2D eigenvalue weighted by Gasteiger charge is -2.12. The van der Waals surface area contributed by atoms with E-state index >= 15 is 0 Å². The fourth-order valence-electron chi connectivity index (χ4n) is 0.833. The average molecular weight is 246 g/mol. The number of nitrogens with zero attached hydrogens (tertiary/aromatic N) is 1. The maximum absolute atomic E-state index is 11.5. The molecule has 1 amide bonds. The lowest BCUT2D eigenvalue weighted by Crippen LogP contribution is -2.26. The van der Waals surface area contributed by atoms with Crippen molar-refractivity contribution in [2.45, 2.75) is 18.7 Å². The Morgan fingerprint density at radius 2 is 2.38 bits per heavy atom. The molecule has 0 radical (unpaired) electrons. The molecule has 1 rings (SSSR count). The van der Waals surface area contributed by atoms with Gasteiger partial charge in [0.25, 0.3) is 0 Å². The number of aromatic nitrogens is 2. The van der Waals surface area contributed by atoms with Crippen molar-refractivity contribution in [3.8, 4) is 0 Å². The van der Waals surface area contributed by atoms with Crippen molar-refractivity contribution in [2.24, 2.45) is 5.92 Å². The molecule has 1 aromatic heterocycles. The molecule has 0 fully saturated rings. The maximum atomic E-state index is 11.5. The minimum Gasteiger partial charge on any atom is -0.322 e. The number of amides is 1. The molecule has 13 heavy (non-hydrogen) atoms. The number of halogens is 1. The van der Waals surface area contributed by atoms with Gasteiger partial charge in [-0.15, -0.1) is 0 Å². The molecule has 0 aromatic carbocycles. The molecular weight excluding hydrogens is 234 g/mol. The number of aromatic amines is 1. The quantitative estimate of drug-likeness (QED) is 0.798. The first-order chi connectivity index (χ1) is 6.11. The summed E-state index contributed by atoms with van der Waals surface area (Å²) in [6.07, 6.45) is 3.20. The predicted octanol–water partition coefficient (Wildman–Crippen LogP) is 1.77. The Kier molecular flexibility index (Phi) is 3.48. The largest absolute Gasteiger partial charge is 0.322 e. The highest BCUT2D eigenvalue weighted by Gasteiger charge is 2.18. The molecule has 1 heterocycles. The minimum absolute atomic E-state index is 0.0450. The van der Waals surface area contributed by atoms with E-state index in [-0.39, 0.29) is 16.7 Å². The third-order valence-electron chi connectivity index (χ3n) is 1.60. The Hall–Kier alpha value is -0.840. The van der Waals surface area contributed by atoms with Crippen molar-refractivity contribution in [1.82, 2.24) is 10.2 Å². The Bertz CT molecular complexity index is 271. The van der Waals surface area contributed by atoms with E-state index in [1.54, 1.807) is 12.4 Å². The van der Waals surface area contributed by atoms with Crippen LogP contribution in [0.3, 0.4) is 0 Å². The first kappa shape index (κ1) is 10.2. The van der Waals surface area contributed by atoms with E-state index in [2.05, 4.69) is 31.4 Å². The standard InChI is InChI=1S/C8H12BrN3O/c1-5(2)7(9)8(13)12-6-3-10-11-4-6/h3-5,7H,1-2H3,(H,10,11)(H,12,13). The molecule has 0 saturated carbocycles. The van der Waals surface area contributed by atoms with Crippen molar-refractivity contribution in [1.29, 1.82) is 0 Å². The average Bonchev–Trinajstić information content (AvgIpc) is 2.55. The van der Waals surface area contributed by atoms with E-state index in [1.807, 2.05) is 13.8 Å². The van der Waals surface area contributed by atoms with E-state index in [0.717, 1.165) is 0 Å². The highest BCUT2D eigenvalue weighted by atomic mass is 79.9. The first-order valence-corrected chi connectivity index (χ1v) is 4.96. The van der Waals surface area contributed by atoms with E-state index in [1.165, 1.54) is 0 Å². The van der Waals surface area contributed by atoms with Gasteiger partial charge in [0, 0.05) is 6.20 Å². The van der Waals surface area contributed by atoms with Crippen molar-refractivity contribution in [3.05, 3.63) is 12.4 Å². The van der Waals surface area contributed by atoms with Crippen LogP contribution in [0.1, 0.15) is 13.8 Å². The fourth-order valence-corrected chi connectivity index (χ4v) is 0.948. The highest BCUT2D eigenvalue weighted by molar-refractivity contribution is 9.10. The molecule has 4 nitrogen and oxygen atoms in total. The van der Waals surface area contributed by atoms with Gasteiger partial charge in [0.05, 0.1) is 16.7 Å². The van der Waals surface area contributed by atoms with Gasteiger partial charge < -0.3 is 5.32 Å². The number of hydrogen-bond acceptors (Lipinski definition) is 2. The molecule has 1 aromatic rings. The number of carbonyl (C=O) groups excluding carboxylic acids is 1. The number of nitrogens with one attached hydrogen (secondary N) is 2. The summed E-state index contributed by atoms with van der Waals surface area (Å²) in [5, 5.41) is 9.07. The summed E-state index contributed by atoms with van der Waals surface area (Å²) in [6.45, 7) is 3.96. The van der Waals surface area contributed by atoms with Crippen LogP contribution >= 0.6 is 15.9 Å². The van der Waals surface area contributed by atoms with Crippen molar-refractivity contribution in [2.75, 3.05) is 5.32 Å². The molecule has 0 aliphatic rings. The predicted molar refractivity (Wildman–Crippen MR) is 54.8 cm³/mol. The van der Waals surface area contributed by atoms with E-state index in [0.29, 0.717) is 5.69 Å². The fraction of sp³-hybridized carbons (Fsp3) is 0.500. The lowest BCUT2D eigenvalue weighted by atomic mass is 10.1. The van der Waals surface area contributed by atoms with Crippen molar-refractivity contribution in [3.63, 3.8) is 0 Å². The molecule has 0 aliphatic heterocycles. The molecule has 0 spiro atoms. The van der Waals surface area contributed by atoms with Gasteiger partial charge in [0.2, 0.25) is 5.91 Å². The third-order valence-corrected chi connectivity index (χ3v) is 3.07. The van der Waals surface area contributed by atoms with Gasteiger partial charge >= 0.3 is 0 Å². The minimum atomic E-state index is -0.164. The van der Waals surface area contributed by atoms with E-state index in [4.69, 9.17) is 0 Å². The SMILES string of the molecule is CC(C)C(Br)C(=O)Nc1cn[nH]c1. The summed E-state index contributed by atoms with van der Waals surface area (Å²) in [4.78, 5) is 11.3. The Labute approximate surface area is 85.2 Å². The molecular formula is C8H12BrN3O. The number of hydrogen-bond donors (Lipinski definition) is 2.